The molecule has 0 aliphatic heterocycles. The molecule has 0 unspecified atom stereocenters. The Morgan fingerprint density at radius 2 is 2.29 bits per heavy atom. The normalized spacial score (nSPS) is 10.8. The highest BCUT2D eigenvalue weighted by atomic mass is 35.5. The zero-order valence-corrected chi connectivity index (χ0v) is 10.3. The SMILES string of the molecule is CCONC(=O)c1oc2ccc(Cl)cc2c1C. The number of furan rings is 1. The van der Waals surface area contributed by atoms with Crippen LogP contribution in [0.2, 0.25) is 5.02 Å². The van der Waals surface area contributed by atoms with Crippen LogP contribution in [0.25, 0.3) is 11.0 Å². The number of fused-ring (bicyclic) bond motifs is 1. The third kappa shape index (κ3) is 2.28. The van der Waals surface area contributed by atoms with Crippen molar-refractivity contribution in [2.45, 2.75) is 13.8 Å². The number of hydrogen-bond donors (Lipinski definition) is 1. The van der Waals surface area contributed by atoms with Gasteiger partial charge in [-0.15, -0.1) is 0 Å². The van der Waals surface area contributed by atoms with Crippen molar-refractivity contribution in [3.8, 4) is 0 Å². The van der Waals surface area contributed by atoms with Crippen molar-refractivity contribution < 1.29 is 14.0 Å². The van der Waals surface area contributed by atoms with E-state index >= 15 is 0 Å². The third-order valence-electron chi connectivity index (χ3n) is 2.41. The fourth-order valence-electron chi connectivity index (χ4n) is 1.59. The summed E-state index contributed by atoms with van der Waals surface area (Å²) in [6, 6.07) is 5.23. The first-order valence-electron chi connectivity index (χ1n) is 5.24. The predicted octanol–water partition coefficient (Wildman–Crippen LogP) is 3.08. The minimum atomic E-state index is -0.392. The molecule has 2 rings (SSSR count). The molecule has 0 saturated carbocycles. The molecule has 17 heavy (non-hydrogen) atoms. The van der Waals surface area contributed by atoms with E-state index in [0.717, 1.165) is 10.9 Å². The number of carbonyl (C=O) groups excluding carboxylic acids is 1. The molecular weight excluding hydrogens is 242 g/mol. The zero-order valence-electron chi connectivity index (χ0n) is 9.54. The smallest absolute Gasteiger partial charge is 0.310 e. The van der Waals surface area contributed by atoms with Crippen LogP contribution in [-0.2, 0) is 4.84 Å². The third-order valence-corrected chi connectivity index (χ3v) is 2.65. The summed E-state index contributed by atoms with van der Waals surface area (Å²) >= 11 is 5.90. The van der Waals surface area contributed by atoms with Crippen LogP contribution in [0, 0.1) is 6.92 Å². The summed E-state index contributed by atoms with van der Waals surface area (Å²) in [5.41, 5.74) is 3.68. The average Bonchev–Trinajstić information content (AvgIpc) is 2.64. The molecule has 90 valence electrons. The molecule has 0 aliphatic carbocycles. The van der Waals surface area contributed by atoms with Crippen molar-refractivity contribution in [1.29, 1.82) is 0 Å². The summed E-state index contributed by atoms with van der Waals surface area (Å²) < 4.78 is 5.46. The van der Waals surface area contributed by atoms with Crippen molar-refractivity contribution >= 4 is 28.5 Å². The van der Waals surface area contributed by atoms with E-state index < -0.39 is 5.91 Å². The number of hydrogen-bond acceptors (Lipinski definition) is 3. The maximum Gasteiger partial charge on any atom is 0.310 e. The van der Waals surface area contributed by atoms with Gasteiger partial charge >= 0.3 is 5.91 Å². The Kier molecular flexibility index (Phi) is 3.36. The quantitative estimate of drug-likeness (QED) is 0.856. The summed E-state index contributed by atoms with van der Waals surface area (Å²) in [7, 11) is 0. The Hall–Kier alpha value is -1.52. The van der Waals surface area contributed by atoms with Gasteiger partial charge in [-0.2, -0.15) is 0 Å². The average molecular weight is 254 g/mol. The van der Waals surface area contributed by atoms with E-state index in [2.05, 4.69) is 5.48 Å². The number of halogens is 1. The van der Waals surface area contributed by atoms with Crippen molar-refractivity contribution in [2.75, 3.05) is 6.61 Å². The van der Waals surface area contributed by atoms with Crippen LogP contribution in [-0.4, -0.2) is 12.5 Å². The van der Waals surface area contributed by atoms with Gasteiger partial charge in [0.25, 0.3) is 0 Å². The number of amides is 1. The fraction of sp³-hybridized carbons (Fsp3) is 0.250. The second-order valence-electron chi connectivity index (χ2n) is 3.56. The second-order valence-corrected chi connectivity index (χ2v) is 4.00. The highest BCUT2D eigenvalue weighted by molar-refractivity contribution is 6.31. The number of nitrogens with one attached hydrogen (secondary N) is 1. The van der Waals surface area contributed by atoms with E-state index in [9.17, 15) is 4.79 Å². The Morgan fingerprint density at radius 1 is 1.53 bits per heavy atom. The highest BCUT2D eigenvalue weighted by Crippen LogP contribution is 2.27. The van der Waals surface area contributed by atoms with Gasteiger partial charge in [-0.3, -0.25) is 9.63 Å². The van der Waals surface area contributed by atoms with E-state index in [0.29, 0.717) is 17.2 Å². The highest BCUT2D eigenvalue weighted by Gasteiger charge is 2.17. The van der Waals surface area contributed by atoms with E-state index in [1.807, 2.05) is 6.92 Å². The number of carbonyl (C=O) groups is 1. The number of hydroxylamine groups is 1. The topological polar surface area (TPSA) is 51.5 Å². The summed E-state index contributed by atoms with van der Waals surface area (Å²) in [5.74, 6) is -0.146. The van der Waals surface area contributed by atoms with Crippen LogP contribution in [0.5, 0.6) is 0 Å². The minimum absolute atomic E-state index is 0.246. The minimum Gasteiger partial charge on any atom is -0.451 e. The Labute approximate surface area is 103 Å². The lowest BCUT2D eigenvalue weighted by Gasteiger charge is -2.00. The molecule has 4 nitrogen and oxygen atoms in total. The molecule has 0 aliphatic rings. The van der Waals surface area contributed by atoms with Crippen LogP contribution < -0.4 is 5.48 Å². The van der Waals surface area contributed by atoms with Gasteiger partial charge in [0.2, 0.25) is 0 Å². The molecule has 0 fully saturated rings. The molecular formula is C12H12ClNO3. The van der Waals surface area contributed by atoms with Gasteiger partial charge in [0.05, 0.1) is 6.61 Å². The summed E-state index contributed by atoms with van der Waals surface area (Å²) in [4.78, 5) is 16.6. The van der Waals surface area contributed by atoms with Gasteiger partial charge in [-0.05, 0) is 32.0 Å². The van der Waals surface area contributed by atoms with E-state index in [1.54, 1.807) is 25.1 Å². The van der Waals surface area contributed by atoms with E-state index in [1.165, 1.54) is 0 Å². The lowest BCUT2D eigenvalue weighted by Crippen LogP contribution is -2.23. The van der Waals surface area contributed by atoms with Gasteiger partial charge in [0.1, 0.15) is 5.58 Å². The first kappa shape index (κ1) is 12.0. The van der Waals surface area contributed by atoms with Crippen molar-refractivity contribution in [3.63, 3.8) is 0 Å². The summed E-state index contributed by atoms with van der Waals surface area (Å²) in [6.07, 6.45) is 0. The zero-order chi connectivity index (χ0) is 12.4. The second kappa shape index (κ2) is 4.77. The Balaban J connectivity index is 2.42. The predicted molar refractivity (Wildman–Crippen MR) is 65.1 cm³/mol. The molecule has 1 N–H and O–H groups in total. The van der Waals surface area contributed by atoms with Gasteiger partial charge in [0.15, 0.2) is 5.76 Å². The van der Waals surface area contributed by atoms with Crippen LogP contribution in [0.15, 0.2) is 22.6 Å². The lowest BCUT2D eigenvalue weighted by molar-refractivity contribution is 0.0341. The van der Waals surface area contributed by atoms with Crippen LogP contribution in [0.3, 0.4) is 0 Å². The number of rotatable bonds is 3. The summed E-state index contributed by atoms with van der Waals surface area (Å²) in [6.45, 7) is 3.99. The maximum absolute atomic E-state index is 11.7. The lowest BCUT2D eigenvalue weighted by atomic mass is 10.1. The monoisotopic (exact) mass is 253 g/mol. The van der Waals surface area contributed by atoms with E-state index in [4.69, 9.17) is 20.9 Å². The molecule has 1 heterocycles. The maximum atomic E-state index is 11.7. The van der Waals surface area contributed by atoms with Crippen LogP contribution >= 0.6 is 11.6 Å². The molecule has 0 spiro atoms. The molecule has 0 saturated heterocycles. The Morgan fingerprint density at radius 3 is 3.00 bits per heavy atom. The standard InChI is InChI=1S/C12H12ClNO3/c1-3-16-14-12(15)11-7(2)9-6-8(13)4-5-10(9)17-11/h4-6H,3H2,1-2H3,(H,14,15). The number of benzene rings is 1. The molecule has 0 bridgehead atoms. The van der Waals surface area contributed by atoms with Gasteiger partial charge in [-0.25, -0.2) is 5.48 Å². The van der Waals surface area contributed by atoms with E-state index in [-0.39, 0.29) is 5.76 Å². The molecule has 1 amide bonds. The first-order chi connectivity index (χ1) is 8.13. The molecule has 1 aromatic carbocycles. The van der Waals surface area contributed by atoms with Gasteiger partial charge in [-0.1, -0.05) is 11.6 Å². The molecule has 0 radical (unpaired) electrons. The Bertz CT molecular complexity index is 562. The fourth-order valence-corrected chi connectivity index (χ4v) is 1.77. The number of aryl methyl sites for hydroxylation is 1. The molecule has 0 atom stereocenters. The summed E-state index contributed by atoms with van der Waals surface area (Å²) in [5, 5.41) is 1.44. The van der Waals surface area contributed by atoms with Crippen LogP contribution in [0.4, 0.5) is 0 Å². The van der Waals surface area contributed by atoms with Crippen molar-refractivity contribution in [1.82, 2.24) is 5.48 Å². The van der Waals surface area contributed by atoms with Crippen molar-refractivity contribution in [3.05, 3.63) is 34.5 Å². The van der Waals surface area contributed by atoms with Crippen LogP contribution in [0.1, 0.15) is 23.0 Å². The molecule has 5 heteroatoms. The van der Waals surface area contributed by atoms with Crippen molar-refractivity contribution in [2.24, 2.45) is 0 Å². The molecule has 2 aromatic rings. The molecule has 1 aromatic heterocycles. The van der Waals surface area contributed by atoms with Gasteiger partial charge in [0, 0.05) is 16.0 Å². The first-order valence-corrected chi connectivity index (χ1v) is 5.62. The van der Waals surface area contributed by atoms with Gasteiger partial charge < -0.3 is 4.42 Å². The largest absolute Gasteiger partial charge is 0.451 e.